The minimum Gasteiger partial charge on any atom is -0.306 e. The Labute approximate surface area is 92.4 Å². The van der Waals surface area contributed by atoms with Crippen LogP contribution in [0.5, 0.6) is 0 Å². The van der Waals surface area contributed by atoms with E-state index in [2.05, 4.69) is 22.8 Å². The van der Waals surface area contributed by atoms with Gasteiger partial charge in [0.05, 0.1) is 0 Å². The lowest BCUT2D eigenvalue weighted by molar-refractivity contribution is -0.122. The number of hydrazine groups is 1. The summed E-state index contributed by atoms with van der Waals surface area (Å²) in [4.78, 5) is 13.5. The van der Waals surface area contributed by atoms with Crippen molar-refractivity contribution in [3.8, 4) is 0 Å². The van der Waals surface area contributed by atoms with Crippen molar-refractivity contribution in [3.05, 3.63) is 0 Å². The molecule has 0 bridgehead atoms. The lowest BCUT2D eigenvalue weighted by Gasteiger charge is -2.28. The SMILES string of the molecule is CNNC(=O)CCCC1CCN(C)CC1. The molecule has 0 unspecified atom stereocenters. The summed E-state index contributed by atoms with van der Waals surface area (Å²) in [5, 5.41) is 0. The summed E-state index contributed by atoms with van der Waals surface area (Å²) in [6.07, 6.45) is 5.45. The Morgan fingerprint density at radius 1 is 1.40 bits per heavy atom. The van der Waals surface area contributed by atoms with E-state index in [0.717, 1.165) is 12.3 Å². The maximum absolute atomic E-state index is 11.2. The third-order valence-corrected chi connectivity index (χ3v) is 3.12. The Kier molecular flexibility index (Phi) is 5.65. The molecule has 1 fully saturated rings. The summed E-state index contributed by atoms with van der Waals surface area (Å²) in [6, 6.07) is 0. The van der Waals surface area contributed by atoms with Gasteiger partial charge in [-0.25, -0.2) is 5.43 Å². The first-order valence-electron chi connectivity index (χ1n) is 5.86. The number of piperidine rings is 1. The van der Waals surface area contributed by atoms with Gasteiger partial charge in [-0.05, 0) is 51.7 Å². The highest BCUT2D eigenvalue weighted by molar-refractivity contribution is 5.75. The second-order valence-electron chi connectivity index (χ2n) is 4.44. The number of nitrogens with zero attached hydrogens (tertiary/aromatic N) is 1. The molecule has 1 saturated heterocycles. The minimum absolute atomic E-state index is 0.102. The Bertz CT molecular complexity index is 188. The quantitative estimate of drug-likeness (QED) is 0.662. The van der Waals surface area contributed by atoms with E-state index >= 15 is 0 Å². The highest BCUT2D eigenvalue weighted by atomic mass is 16.2. The van der Waals surface area contributed by atoms with Gasteiger partial charge in [0.1, 0.15) is 0 Å². The number of likely N-dealkylation sites (tertiary alicyclic amines) is 1. The van der Waals surface area contributed by atoms with Gasteiger partial charge in [0, 0.05) is 13.5 Å². The van der Waals surface area contributed by atoms with Crippen LogP contribution in [0.1, 0.15) is 32.1 Å². The first-order valence-corrected chi connectivity index (χ1v) is 5.86. The van der Waals surface area contributed by atoms with E-state index in [-0.39, 0.29) is 5.91 Å². The fourth-order valence-electron chi connectivity index (χ4n) is 2.10. The summed E-state index contributed by atoms with van der Waals surface area (Å²) in [7, 11) is 3.89. The summed E-state index contributed by atoms with van der Waals surface area (Å²) in [5.74, 6) is 0.939. The first-order chi connectivity index (χ1) is 7.22. The molecule has 0 spiro atoms. The van der Waals surface area contributed by atoms with Crippen molar-refractivity contribution in [2.24, 2.45) is 5.92 Å². The molecule has 1 aliphatic heterocycles. The van der Waals surface area contributed by atoms with Crippen molar-refractivity contribution >= 4 is 5.91 Å². The van der Waals surface area contributed by atoms with E-state index in [9.17, 15) is 4.79 Å². The Morgan fingerprint density at radius 2 is 2.07 bits per heavy atom. The van der Waals surface area contributed by atoms with Crippen LogP contribution in [0.2, 0.25) is 0 Å². The van der Waals surface area contributed by atoms with Crippen LogP contribution in [0.4, 0.5) is 0 Å². The van der Waals surface area contributed by atoms with Gasteiger partial charge in [-0.15, -0.1) is 0 Å². The normalized spacial score (nSPS) is 19.1. The predicted molar refractivity (Wildman–Crippen MR) is 61.3 cm³/mol. The van der Waals surface area contributed by atoms with Crippen LogP contribution >= 0.6 is 0 Å². The molecule has 0 radical (unpaired) electrons. The molecule has 0 aromatic carbocycles. The maximum Gasteiger partial charge on any atom is 0.234 e. The predicted octanol–water partition coefficient (Wildman–Crippen LogP) is 0.749. The molecule has 15 heavy (non-hydrogen) atoms. The lowest BCUT2D eigenvalue weighted by Crippen LogP contribution is -2.34. The summed E-state index contributed by atoms with van der Waals surface area (Å²) in [6.45, 7) is 2.43. The molecule has 88 valence electrons. The number of amides is 1. The summed E-state index contributed by atoms with van der Waals surface area (Å²) >= 11 is 0. The van der Waals surface area contributed by atoms with Gasteiger partial charge in [-0.1, -0.05) is 0 Å². The van der Waals surface area contributed by atoms with Gasteiger partial charge < -0.3 is 4.90 Å². The molecule has 4 heteroatoms. The first kappa shape index (κ1) is 12.5. The largest absolute Gasteiger partial charge is 0.306 e. The van der Waals surface area contributed by atoms with E-state index < -0.39 is 0 Å². The number of hydrogen-bond donors (Lipinski definition) is 2. The van der Waals surface area contributed by atoms with Crippen LogP contribution in [0.25, 0.3) is 0 Å². The molecule has 1 rings (SSSR count). The van der Waals surface area contributed by atoms with Crippen molar-refractivity contribution in [3.63, 3.8) is 0 Å². The van der Waals surface area contributed by atoms with Crippen LogP contribution in [0.15, 0.2) is 0 Å². The van der Waals surface area contributed by atoms with Crippen molar-refractivity contribution < 1.29 is 4.79 Å². The fourth-order valence-corrected chi connectivity index (χ4v) is 2.10. The molecule has 0 atom stereocenters. The Balaban J connectivity index is 2.02. The van der Waals surface area contributed by atoms with Crippen molar-refractivity contribution in [1.29, 1.82) is 0 Å². The van der Waals surface area contributed by atoms with Gasteiger partial charge >= 0.3 is 0 Å². The van der Waals surface area contributed by atoms with Crippen molar-refractivity contribution in [2.75, 3.05) is 27.2 Å². The summed E-state index contributed by atoms with van der Waals surface area (Å²) in [5.41, 5.74) is 5.25. The monoisotopic (exact) mass is 213 g/mol. The molecule has 2 N–H and O–H groups in total. The minimum atomic E-state index is 0.102. The summed E-state index contributed by atoms with van der Waals surface area (Å²) < 4.78 is 0. The average molecular weight is 213 g/mol. The lowest BCUT2D eigenvalue weighted by atomic mass is 9.92. The molecule has 0 saturated carbocycles. The van der Waals surface area contributed by atoms with Gasteiger partial charge in [0.15, 0.2) is 0 Å². The molecule has 1 amide bonds. The second kappa shape index (κ2) is 6.80. The maximum atomic E-state index is 11.2. The smallest absolute Gasteiger partial charge is 0.234 e. The molecular formula is C11H23N3O. The van der Waals surface area contributed by atoms with Gasteiger partial charge in [0.25, 0.3) is 0 Å². The van der Waals surface area contributed by atoms with E-state index in [1.165, 1.54) is 32.4 Å². The topological polar surface area (TPSA) is 44.4 Å². The zero-order valence-electron chi connectivity index (χ0n) is 9.88. The van der Waals surface area contributed by atoms with Crippen LogP contribution in [0.3, 0.4) is 0 Å². The number of hydrogen-bond acceptors (Lipinski definition) is 3. The third-order valence-electron chi connectivity index (χ3n) is 3.12. The van der Waals surface area contributed by atoms with Crippen LogP contribution in [0, 0.1) is 5.92 Å². The van der Waals surface area contributed by atoms with Gasteiger partial charge in [-0.2, -0.15) is 0 Å². The number of carbonyl (C=O) groups excluding carboxylic acids is 1. The molecule has 4 nitrogen and oxygen atoms in total. The zero-order valence-corrected chi connectivity index (χ0v) is 9.88. The van der Waals surface area contributed by atoms with E-state index in [0.29, 0.717) is 6.42 Å². The van der Waals surface area contributed by atoms with Gasteiger partial charge in [0.2, 0.25) is 5.91 Å². The van der Waals surface area contributed by atoms with Crippen LogP contribution < -0.4 is 10.9 Å². The molecule has 0 aromatic heterocycles. The molecule has 0 aromatic rings. The Morgan fingerprint density at radius 3 is 2.67 bits per heavy atom. The standard InChI is InChI=1S/C11H23N3O/c1-12-13-11(15)5-3-4-10-6-8-14(2)9-7-10/h10,12H,3-9H2,1-2H3,(H,13,15). The van der Waals surface area contributed by atoms with Crippen LogP contribution in [-0.2, 0) is 4.79 Å². The molecule has 0 aliphatic carbocycles. The van der Waals surface area contributed by atoms with E-state index in [1.54, 1.807) is 7.05 Å². The van der Waals surface area contributed by atoms with E-state index in [4.69, 9.17) is 0 Å². The second-order valence-corrected chi connectivity index (χ2v) is 4.44. The average Bonchev–Trinajstić information content (AvgIpc) is 2.21. The molecule has 1 aliphatic rings. The van der Waals surface area contributed by atoms with Crippen molar-refractivity contribution in [1.82, 2.24) is 15.8 Å². The highest BCUT2D eigenvalue weighted by Crippen LogP contribution is 2.21. The number of carbonyl (C=O) groups is 1. The molecule has 1 heterocycles. The number of nitrogens with one attached hydrogen (secondary N) is 2. The Hall–Kier alpha value is -0.610. The highest BCUT2D eigenvalue weighted by Gasteiger charge is 2.16. The van der Waals surface area contributed by atoms with E-state index in [1.807, 2.05) is 0 Å². The van der Waals surface area contributed by atoms with Crippen LogP contribution in [-0.4, -0.2) is 38.0 Å². The number of rotatable bonds is 5. The third kappa shape index (κ3) is 5.14. The van der Waals surface area contributed by atoms with Gasteiger partial charge in [-0.3, -0.25) is 10.2 Å². The molecular weight excluding hydrogens is 190 g/mol. The van der Waals surface area contributed by atoms with Crippen molar-refractivity contribution in [2.45, 2.75) is 32.1 Å². The fraction of sp³-hybridized carbons (Fsp3) is 0.909. The zero-order chi connectivity index (χ0) is 11.1.